The molecule has 114 valence electrons. The third-order valence-corrected chi connectivity index (χ3v) is 3.49. The number of hydrogen-bond acceptors (Lipinski definition) is 4. The Hall–Kier alpha value is -2.15. The Morgan fingerprint density at radius 3 is 2.76 bits per heavy atom. The van der Waals surface area contributed by atoms with Gasteiger partial charge in [-0.05, 0) is 17.9 Å². The Morgan fingerprint density at radius 1 is 1.43 bits per heavy atom. The van der Waals surface area contributed by atoms with E-state index in [1.165, 1.54) is 22.3 Å². The van der Waals surface area contributed by atoms with Crippen molar-refractivity contribution >= 4 is 29.1 Å². The van der Waals surface area contributed by atoms with E-state index in [1.807, 2.05) is 5.38 Å². The van der Waals surface area contributed by atoms with Crippen LogP contribution in [0.1, 0.15) is 22.5 Å². The van der Waals surface area contributed by atoms with Crippen LogP contribution in [0.2, 0.25) is 0 Å². The van der Waals surface area contributed by atoms with Crippen molar-refractivity contribution in [1.82, 2.24) is 10.2 Å². The van der Waals surface area contributed by atoms with E-state index >= 15 is 0 Å². The Bertz CT molecular complexity index is 499. The minimum Gasteiger partial charge on any atom is -0.480 e. The molecule has 0 aromatic carbocycles. The normalized spacial score (nSPS) is 9.90. The molecule has 0 saturated carbocycles. The summed E-state index contributed by atoms with van der Waals surface area (Å²) in [6.07, 6.45) is 2.13. The fraction of sp³-hybridized carbons (Fsp3) is 0.357. The lowest BCUT2D eigenvalue weighted by Gasteiger charge is -2.18. The molecule has 1 heterocycles. The molecular weight excluding hydrogens is 292 g/mol. The molecule has 0 unspecified atom stereocenters. The molecule has 2 amide bonds. The van der Waals surface area contributed by atoms with Crippen LogP contribution < -0.4 is 5.32 Å². The molecule has 0 aliphatic rings. The van der Waals surface area contributed by atoms with Gasteiger partial charge in [-0.2, -0.15) is 0 Å². The highest BCUT2D eigenvalue weighted by molar-refractivity contribution is 7.12. The Labute approximate surface area is 127 Å². The number of thiophene rings is 1. The van der Waals surface area contributed by atoms with E-state index in [9.17, 15) is 14.4 Å². The number of carboxylic acid groups (broad SMARTS) is 1. The lowest BCUT2D eigenvalue weighted by molar-refractivity contribution is -0.144. The molecule has 0 aliphatic carbocycles. The van der Waals surface area contributed by atoms with Gasteiger partial charge in [0.2, 0.25) is 5.91 Å². The fourth-order valence-electron chi connectivity index (χ4n) is 1.67. The molecule has 2 N–H and O–H groups in total. The number of nitrogens with zero attached hydrogens (tertiary/aromatic N) is 1. The predicted molar refractivity (Wildman–Crippen MR) is 80.3 cm³/mol. The highest BCUT2D eigenvalue weighted by Crippen LogP contribution is 2.07. The van der Waals surface area contributed by atoms with E-state index in [1.54, 1.807) is 12.1 Å². The van der Waals surface area contributed by atoms with Crippen LogP contribution in [0.3, 0.4) is 0 Å². The van der Waals surface area contributed by atoms with Gasteiger partial charge in [0.25, 0.3) is 5.91 Å². The van der Waals surface area contributed by atoms with Crippen molar-refractivity contribution in [3.63, 3.8) is 0 Å². The zero-order valence-corrected chi connectivity index (χ0v) is 12.4. The summed E-state index contributed by atoms with van der Waals surface area (Å²) in [6.45, 7) is 3.73. The van der Waals surface area contributed by atoms with Gasteiger partial charge in [-0.3, -0.25) is 14.4 Å². The van der Waals surface area contributed by atoms with Crippen LogP contribution in [0.25, 0.3) is 0 Å². The lowest BCUT2D eigenvalue weighted by Crippen LogP contribution is -2.36. The van der Waals surface area contributed by atoms with E-state index in [2.05, 4.69) is 11.9 Å². The predicted octanol–water partition coefficient (Wildman–Crippen LogP) is 1.36. The second-order valence-corrected chi connectivity index (χ2v) is 5.24. The summed E-state index contributed by atoms with van der Waals surface area (Å²) < 4.78 is 0. The van der Waals surface area contributed by atoms with Crippen molar-refractivity contribution in [2.75, 3.05) is 19.6 Å². The molecule has 0 aliphatic heterocycles. The number of carbonyl (C=O) groups is 3. The summed E-state index contributed by atoms with van der Waals surface area (Å²) in [7, 11) is 0. The standard InChI is InChI=1S/C14H18N2O4S/c1-2-8-16(10-13(18)19)12(17)6-3-7-15-14(20)11-5-4-9-21-11/h2,4-5,9H,1,3,6-8,10H2,(H,15,20)(H,18,19). The molecule has 1 rings (SSSR count). The molecule has 6 nitrogen and oxygen atoms in total. The van der Waals surface area contributed by atoms with Gasteiger partial charge in [-0.25, -0.2) is 0 Å². The van der Waals surface area contributed by atoms with Crippen LogP contribution in [0.5, 0.6) is 0 Å². The van der Waals surface area contributed by atoms with Crippen LogP contribution in [0.4, 0.5) is 0 Å². The molecular formula is C14H18N2O4S. The first-order chi connectivity index (χ1) is 10.0. The highest BCUT2D eigenvalue weighted by atomic mass is 32.1. The number of carboxylic acids is 1. The number of aliphatic carboxylic acids is 1. The third-order valence-electron chi connectivity index (χ3n) is 2.63. The molecule has 1 aromatic heterocycles. The second kappa shape index (κ2) is 8.91. The Balaban J connectivity index is 2.29. The largest absolute Gasteiger partial charge is 0.480 e. The van der Waals surface area contributed by atoms with Crippen molar-refractivity contribution in [1.29, 1.82) is 0 Å². The number of carbonyl (C=O) groups excluding carboxylic acids is 2. The van der Waals surface area contributed by atoms with Crippen molar-refractivity contribution in [3.05, 3.63) is 35.0 Å². The maximum absolute atomic E-state index is 11.8. The van der Waals surface area contributed by atoms with Gasteiger partial charge in [0, 0.05) is 19.5 Å². The van der Waals surface area contributed by atoms with E-state index < -0.39 is 5.97 Å². The van der Waals surface area contributed by atoms with Gasteiger partial charge in [0.15, 0.2) is 0 Å². The second-order valence-electron chi connectivity index (χ2n) is 4.29. The average Bonchev–Trinajstić information content (AvgIpc) is 2.96. The van der Waals surface area contributed by atoms with Gasteiger partial charge in [-0.15, -0.1) is 17.9 Å². The summed E-state index contributed by atoms with van der Waals surface area (Å²) in [6, 6.07) is 3.52. The number of amides is 2. The minimum atomic E-state index is -1.06. The van der Waals surface area contributed by atoms with Crippen molar-refractivity contribution in [3.8, 4) is 0 Å². The zero-order valence-electron chi connectivity index (χ0n) is 11.6. The first-order valence-corrected chi connectivity index (χ1v) is 7.34. The van der Waals surface area contributed by atoms with Crippen LogP contribution >= 0.6 is 11.3 Å². The van der Waals surface area contributed by atoms with Crippen LogP contribution in [0.15, 0.2) is 30.2 Å². The lowest BCUT2D eigenvalue weighted by atomic mass is 10.2. The summed E-state index contributed by atoms with van der Waals surface area (Å²) in [5, 5.41) is 13.3. The molecule has 0 spiro atoms. The van der Waals surface area contributed by atoms with E-state index in [4.69, 9.17) is 5.11 Å². The Kier molecular flexibility index (Phi) is 7.17. The van der Waals surface area contributed by atoms with E-state index in [0.29, 0.717) is 17.8 Å². The van der Waals surface area contributed by atoms with Crippen LogP contribution in [-0.4, -0.2) is 47.4 Å². The summed E-state index contributed by atoms with van der Waals surface area (Å²) in [4.78, 5) is 36.0. The SMILES string of the molecule is C=CCN(CC(=O)O)C(=O)CCCNC(=O)c1cccs1. The molecule has 0 radical (unpaired) electrons. The number of nitrogens with one attached hydrogen (secondary N) is 1. The molecule has 1 aromatic rings. The summed E-state index contributed by atoms with van der Waals surface area (Å²) in [5.41, 5.74) is 0. The average molecular weight is 310 g/mol. The summed E-state index contributed by atoms with van der Waals surface area (Å²) in [5.74, 6) is -1.48. The topological polar surface area (TPSA) is 86.7 Å². The number of rotatable bonds is 9. The van der Waals surface area contributed by atoms with Crippen molar-refractivity contribution < 1.29 is 19.5 Å². The quantitative estimate of drug-likeness (QED) is 0.532. The molecule has 0 fully saturated rings. The zero-order chi connectivity index (χ0) is 15.7. The van der Waals surface area contributed by atoms with Crippen molar-refractivity contribution in [2.45, 2.75) is 12.8 Å². The van der Waals surface area contributed by atoms with E-state index in [-0.39, 0.29) is 31.3 Å². The minimum absolute atomic E-state index is 0.161. The molecule has 21 heavy (non-hydrogen) atoms. The van der Waals surface area contributed by atoms with Gasteiger partial charge in [0.05, 0.1) is 4.88 Å². The molecule has 0 bridgehead atoms. The highest BCUT2D eigenvalue weighted by Gasteiger charge is 2.15. The third kappa shape index (κ3) is 6.22. The molecule has 7 heteroatoms. The van der Waals surface area contributed by atoms with Crippen LogP contribution in [-0.2, 0) is 9.59 Å². The van der Waals surface area contributed by atoms with Gasteiger partial charge in [0.1, 0.15) is 6.54 Å². The van der Waals surface area contributed by atoms with Crippen molar-refractivity contribution in [2.24, 2.45) is 0 Å². The van der Waals surface area contributed by atoms with Gasteiger partial charge >= 0.3 is 5.97 Å². The van der Waals surface area contributed by atoms with Gasteiger partial charge < -0.3 is 15.3 Å². The van der Waals surface area contributed by atoms with Crippen LogP contribution in [0, 0.1) is 0 Å². The maximum atomic E-state index is 11.8. The molecule has 0 saturated heterocycles. The Morgan fingerprint density at radius 2 is 2.19 bits per heavy atom. The van der Waals surface area contributed by atoms with Gasteiger partial charge in [-0.1, -0.05) is 12.1 Å². The monoisotopic (exact) mass is 310 g/mol. The van der Waals surface area contributed by atoms with E-state index in [0.717, 1.165) is 0 Å². The molecule has 0 atom stereocenters. The first-order valence-electron chi connectivity index (χ1n) is 6.46. The maximum Gasteiger partial charge on any atom is 0.323 e. The number of hydrogen-bond donors (Lipinski definition) is 2. The smallest absolute Gasteiger partial charge is 0.323 e. The first kappa shape index (κ1) is 16.9. The fourth-order valence-corrected chi connectivity index (χ4v) is 2.31. The summed E-state index contributed by atoms with van der Waals surface area (Å²) >= 11 is 1.35.